The van der Waals surface area contributed by atoms with Crippen LogP contribution in [0, 0.1) is 11.6 Å². The van der Waals surface area contributed by atoms with Crippen LogP contribution in [0.1, 0.15) is 13.3 Å². The van der Waals surface area contributed by atoms with Gasteiger partial charge in [0.2, 0.25) is 0 Å². The molecule has 0 radical (unpaired) electrons. The van der Waals surface area contributed by atoms with Crippen molar-refractivity contribution in [2.24, 2.45) is 0 Å². The number of anilines is 1. The molecule has 0 spiro atoms. The highest BCUT2D eigenvalue weighted by atomic mass is 35.5. The minimum Gasteiger partial charge on any atom is -0.365 e. The van der Waals surface area contributed by atoms with Gasteiger partial charge in [0.25, 0.3) is 0 Å². The first kappa shape index (κ1) is 12.6. The van der Waals surface area contributed by atoms with Crippen LogP contribution >= 0.6 is 11.6 Å². The van der Waals surface area contributed by atoms with Crippen LogP contribution in [0.4, 0.5) is 14.5 Å². The third-order valence-electron chi connectivity index (χ3n) is 3.05. The molecule has 1 N–H and O–H groups in total. The van der Waals surface area contributed by atoms with Gasteiger partial charge in [-0.1, -0.05) is 18.5 Å². The van der Waals surface area contributed by atoms with Crippen molar-refractivity contribution in [2.45, 2.75) is 19.4 Å². The van der Waals surface area contributed by atoms with E-state index in [9.17, 15) is 8.78 Å². The highest BCUT2D eigenvalue weighted by Gasteiger charge is 2.23. The Morgan fingerprint density at radius 2 is 2.24 bits per heavy atom. The van der Waals surface area contributed by atoms with Crippen LogP contribution in [-0.4, -0.2) is 25.7 Å². The molecular formula is C12H15ClF2N2. The lowest BCUT2D eigenvalue weighted by Gasteiger charge is -2.35. The van der Waals surface area contributed by atoms with Crippen molar-refractivity contribution in [3.63, 3.8) is 0 Å². The molecule has 1 unspecified atom stereocenters. The number of rotatable bonds is 2. The van der Waals surface area contributed by atoms with Gasteiger partial charge < -0.3 is 10.2 Å². The van der Waals surface area contributed by atoms with Gasteiger partial charge >= 0.3 is 0 Å². The van der Waals surface area contributed by atoms with E-state index in [1.807, 2.05) is 4.90 Å². The van der Waals surface area contributed by atoms with Crippen LogP contribution in [0.15, 0.2) is 12.1 Å². The maximum Gasteiger partial charge on any atom is 0.150 e. The van der Waals surface area contributed by atoms with Gasteiger partial charge in [-0.05, 0) is 12.5 Å². The standard InChI is InChI=1S/C12H15ClF2N2/c1-2-9-7-17(4-3-16-9)12-10(13)5-8(14)6-11(12)15/h5-6,9,16H,2-4,7H2,1H3. The summed E-state index contributed by atoms with van der Waals surface area (Å²) < 4.78 is 26.7. The normalized spacial score (nSPS) is 20.7. The largest absolute Gasteiger partial charge is 0.365 e. The molecule has 0 amide bonds. The number of hydrogen-bond acceptors (Lipinski definition) is 2. The van der Waals surface area contributed by atoms with E-state index < -0.39 is 11.6 Å². The molecule has 1 aromatic carbocycles. The molecular weight excluding hydrogens is 246 g/mol. The van der Waals surface area contributed by atoms with E-state index in [0.29, 0.717) is 24.8 Å². The Morgan fingerprint density at radius 3 is 2.88 bits per heavy atom. The minimum absolute atomic E-state index is 0.138. The van der Waals surface area contributed by atoms with Crippen molar-refractivity contribution in [3.05, 3.63) is 28.8 Å². The van der Waals surface area contributed by atoms with E-state index >= 15 is 0 Å². The molecule has 17 heavy (non-hydrogen) atoms. The topological polar surface area (TPSA) is 15.3 Å². The maximum absolute atomic E-state index is 13.7. The molecule has 5 heteroatoms. The van der Waals surface area contributed by atoms with E-state index in [0.717, 1.165) is 25.1 Å². The summed E-state index contributed by atoms with van der Waals surface area (Å²) in [5.41, 5.74) is 0.313. The van der Waals surface area contributed by atoms with Crippen LogP contribution in [0.25, 0.3) is 0 Å². The summed E-state index contributed by atoms with van der Waals surface area (Å²) in [6, 6.07) is 2.36. The predicted octanol–water partition coefficient (Wildman–Crippen LogP) is 2.81. The van der Waals surface area contributed by atoms with Crippen LogP contribution in [0.5, 0.6) is 0 Å². The summed E-state index contributed by atoms with van der Waals surface area (Å²) in [5.74, 6) is -1.23. The number of nitrogens with one attached hydrogen (secondary N) is 1. The predicted molar refractivity (Wildman–Crippen MR) is 65.7 cm³/mol. The summed E-state index contributed by atoms with van der Waals surface area (Å²) in [7, 11) is 0. The molecule has 1 aliphatic heterocycles. The van der Waals surface area contributed by atoms with Crippen molar-refractivity contribution < 1.29 is 8.78 Å². The van der Waals surface area contributed by atoms with Gasteiger partial charge in [-0.25, -0.2) is 8.78 Å². The molecule has 1 saturated heterocycles. The zero-order valence-electron chi connectivity index (χ0n) is 9.64. The van der Waals surface area contributed by atoms with Crippen molar-refractivity contribution >= 4 is 17.3 Å². The maximum atomic E-state index is 13.7. The lowest BCUT2D eigenvalue weighted by atomic mass is 10.1. The number of nitrogens with zero attached hydrogens (tertiary/aromatic N) is 1. The first-order chi connectivity index (χ1) is 8.11. The Labute approximate surface area is 105 Å². The molecule has 1 atom stereocenters. The van der Waals surface area contributed by atoms with E-state index in [-0.39, 0.29) is 5.02 Å². The molecule has 1 heterocycles. The average Bonchev–Trinajstić information content (AvgIpc) is 2.28. The summed E-state index contributed by atoms with van der Waals surface area (Å²) in [4.78, 5) is 1.88. The Kier molecular flexibility index (Phi) is 3.84. The Morgan fingerprint density at radius 1 is 1.47 bits per heavy atom. The van der Waals surface area contributed by atoms with Crippen molar-refractivity contribution in [2.75, 3.05) is 24.5 Å². The Bertz CT molecular complexity index is 388. The van der Waals surface area contributed by atoms with Crippen LogP contribution < -0.4 is 10.2 Å². The molecule has 94 valence electrons. The van der Waals surface area contributed by atoms with Gasteiger partial charge in [0.1, 0.15) is 5.82 Å². The molecule has 0 aromatic heterocycles. The third kappa shape index (κ3) is 2.69. The van der Waals surface area contributed by atoms with Crippen molar-refractivity contribution in [1.82, 2.24) is 5.32 Å². The fourth-order valence-corrected chi connectivity index (χ4v) is 2.45. The second kappa shape index (κ2) is 5.19. The molecule has 0 aliphatic carbocycles. The van der Waals surface area contributed by atoms with Crippen molar-refractivity contribution in [3.8, 4) is 0 Å². The molecule has 0 bridgehead atoms. The van der Waals surface area contributed by atoms with Gasteiger partial charge in [-0.2, -0.15) is 0 Å². The Balaban J connectivity index is 2.27. The van der Waals surface area contributed by atoms with Crippen LogP contribution in [0.2, 0.25) is 5.02 Å². The molecule has 2 rings (SSSR count). The first-order valence-electron chi connectivity index (χ1n) is 5.74. The highest BCUT2D eigenvalue weighted by molar-refractivity contribution is 6.33. The summed E-state index contributed by atoms with van der Waals surface area (Å²) in [6.45, 7) is 4.23. The molecule has 1 aliphatic rings. The summed E-state index contributed by atoms with van der Waals surface area (Å²) in [6.07, 6.45) is 0.969. The summed E-state index contributed by atoms with van der Waals surface area (Å²) in [5, 5.41) is 3.48. The van der Waals surface area contributed by atoms with Crippen LogP contribution in [-0.2, 0) is 0 Å². The molecule has 2 nitrogen and oxygen atoms in total. The van der Waals surface area contributed by atoms with E-state index in [4.69, 9.17) is 11.6 Å². The Hall–Kier alpha value is -0.870. The number of hydrogen-bond donors (Lipinski definition) is 1. The molecule has 0 saturated carbocycles. The number of piperazine rings is 1. The van der Waals surface area contributed by atoms with Gasteiger partial charge in [0.05, 0.1) is 10.7 Å². The van der Waals surface area contributed by atoms with Crippen molar-refractivity contribution in [1.29, 1.82) is 0 Å². The van der Waals surface area contributed by atoms with E-state index in [1.54, 1.807) is 0 Å². The van der Waals surface area contributed by atoms with Gasteiger partial charge in [-0.3, -0.25) is 0 Å². The quantitative estimate of drug-likeness (QED) is 0.880. The second-order valence-electron chi connectivity index (χ2n) is 4.22. The van der Waals surface area contributed by atoms with Gasteiger partial charge in [-0.15, -0.1) is 0 Å². The van der Waals surface area contributed by atoms with E-state index in [1.165, 1.54) is 0 Å². The SMILES string of the molecule is CCC1CN(c2c(F)cc(F)cc2Cl)CCN1. The summed E-state index contributed by atoms with van der Waals surface area (Å²) >= 11 is 5.92. The minimum atomic E-state index is -0.640. The van der Waals surface area contributed by atoms with Crippen LogP contribution in [0.3, 0.4) is 0 Å². The lowest BCUT2D eigenvalue weighted by Crippen LogP contribution is -2.50. The number of halogens is 3. The van der Waals surface area contributed by atoms with E-state index in [2.05, 4.69) is 12.2 Å². The first-order valence-corrected chi connectivity index (χ1v) is 6.12. The fraction of sp³-hybridized carbons (Fsp3) is 0.500. The average molecular weight is 261 g/mol. The fourth-order valence-electron chi connectivity index (χ4n) is 2.14. The lowest BCUT2D eigenvalue weighted by molar-refractivity contribution is 0.442. The number of benzene rings is 1. The molecule has 1 aromatic rings. The molecule has 1 fully saturated rings. The zero-order valence-corrected chi connectivity index (χ0v) is 10.4. The van der Waals surface area contributed by atoms with Gasteiger partial charge in [0.15, 0.2) is 5.82 Å². The smallest absolute Gasteiger partial charge is 0.150 e. The highest BCUT2D eigenvalue weighted by Crippen LogP contribution is 2.30. The van der Waals surface area contributed by atoms with Gasteiger partial charge in [0, 0.05) is 31.7 Å². The second-order valence-corrected chi connectivity index (χ2v) is 4.63. The monoisotopic (exact) mass is 260 g/mol. The zero-order chi connectivity index (χ0) is 12.4. The third-order valence-corrected chi connectivity index (χ3v) is 3.33.